The number of fused-ring (bicyclic) bond motifs is 1. The van der Waals surface area contributed by atoms with E-state index in [1.165, 1.54) is 30.3 Å². The van der Waals surface area contributed by atoms with Crippen LogP contribution in [0.2, 0.25) is 0 Å². The van der Waals surface area contributed by atoms with Crippen molar-refractivity contribution in [2.75, 3.05) is 0 Å². The van der Waals surface area contributed by atoms with Crippen molar-refractivity contribution in [3.8, 4) is 0 Å². The van der Waals surface area contributed by atoms with E-state index in [1.807, 2.05) is 22.7 Å². The molecule has 2 heterocycles. The van der Waals surface area contributed by atoms with E-state index in [1.54, 1.807) is 5.37 Å². The van der Waals surface area contributed by atoms with Crippen LogP contribution in [0.3, 0.4) is 0 Å². The van der Waals surface area contributed by atoms with E-state index < -0.39 is 0 Å². The van der Waals surface area contributed by atoms with Crippen LogP contribution in [0.25, 0.3) is 9.40 Å². The molecule has 13 heavy (non-hydrogen) atoms. The van der Waals surface area contributed by atoms with Gasteiger partial charge in [-0.3, -0.25) is 0 Å². The predicted molar refractivity (Wildman–Crippen MR) is 66.7 cm³/mol. The van der Waals surface area contributed by atoms with Gasteiger partial charge in [0.15, 0.2) is 0 Å². The summed E-state index contributed by atoms with van der Waals surface area (Å²) in [4.78, 5) is 2.68. The van der Waals surface area contributed by atoms with Gasteiger partial charge in [0.2, 0.25) is 0 Å². The molecular weight excluding hydrogens is 216 g/mol. The molecule has 0 N–H and O–H groups in total. The van der Waals surface area contributed by atoms with E-state index in [-0.39, 0.29) is 0 Å². The van der Waals surface area contributed by atoms with Crippen LogP contribution in [0.5, 0.6) is 0 Å². The first-order valence-electron chi connectivity index (χ1n) is 4.09. The van der Waals surface area contributed by atoms with Crippen LogP contribution in [0.4, 0.5) is 0 Å². The molecule has 2 aromatic rings. The maximum Gasteiger partial charge on any atom is 0.0492 e. The Morgan fingerprint density at radius 1 is 1.00 bits per heavy atom. The number of rotatable bonds is 1. The number of aryl methyl sites for hydroxylation is 3. The maximum atomic E-state index is 4.98. The molecular formula is C10H10S3. The van der Waals surface area contributed by atoms with E-state index in [4.69, 9.17) is 12.2 Å². The minimum absolute atomic E-state index is 1.25. The molecule has 0 aliphatic heterocycles. The van der Waals surface area contributed by atoms with Crippen molar-refractivity contribution in [3.63, 3.8) is 0 Å². The lowest BCUT2D eigenvalue weighted by molar-refractivity contribution is 1.48. The van der Waals surface area contributed by atoms with Crippen LogP contribution in [0.1, 0.15) is 20.9 Å². The molecule has 0 unspecified atom stereocenters. The van der Waals surface area contributed by atoms with Crippen molar-refractivity contribution in [1.29, 1.82) is 0 Å². The largest absolute Gasteiger partial charge is 0.139 e. The predicted octanol–water partition coefficient (Wildman–Crippen LogP) is 4.24. The molecule has 0 nitrogen and oxygen atoms in total. The molecule has 68 valence electrons. The van der Waals surface area contributed by atoms with Crippen LogP contribution in [-0.4, -0.2) is 5.37 Å². The van der Waals surface area contributed by atoms with Gasteiger partial charge in [0.25, 0.3) is 0 Å². The Balaban J connectivity index is 2.88. The highest BCUT2D eigenvalue weighted by Gasteiger charge is 2.12. The minimum Gasteiger partial charge on any atom is -0.139 e. The lowest BCUT2D eigenvalue weighted by atomic mass is 10.2. The molecule has 0 spiro atoms. The zero-order valence-electron chi connectivity index (χ0n) is 7.80. The highest BCUT2D eigenvalue weighted by molar-refractivity contribution is 7.79. The fraction of sp³-hybridized carbons (Fsp3) is 0.300. The van der Waals surface area contributed by atoms with Gasteiger partial charge in [-0.05, 0) is 31.9 Å². The fourth-order valence-electron chi connectivity index (χ4n) is 1.39. The second kappa shape index (κ2) is 3.15. The summed E-state index contributed by atoms with van der Waals surface area (Å²) in [7, 11) is 0. The third kappa shape index (κ3) is 1.26. The molecule has 0 amide bonds. The Morgan fingerprint density at radius 3 is 2.15 bits per heavy atom. The molecule has 0 saturated heterocycles. The van der Waals surface area contributed by atoms with Gasteiger partial charge in [-0.2, -0.15) is 0 Å². The summed E-state index contributed by atoms with van der Waals surface area (Å²) >= 11 is 8.69. The summed E-state index contributed by atoms with van der Waals surface area (Å²) in [5.41, 5.74) is 2.78. The van der Waals surface area contributed by atoms with Gasteiger partial charge in [0.1, 0.15) is 0 Å². The highest BCUT2D eigenvalue weighted by atomic mass is 32.1. The molecule has 2 aromatic heterocycles. The molecule has 0 saturated carbocycles. The average molecular weight is 226 g/mol. The molecule has 3 heteroatoms. The van der Waals surface area contributed by atoms with Crippen molar-refractivity contribution >= 4 is 49.7 Å². The maximum absolute atomic E-state index is 4.98. The second-order valence-corrected chi connectivity index (χ2v) is 5.66. The first-order valence-corrected chi connectivity index (χ1v) is 6.20. The fourth-order valence-corrected chi connectivity index (χ4v) is 4.23. The summed E-state index contributed by atoms with van der Waals surface area (Å²) in [6.45, 7) is 6.53. The smallest absolute Gasteiger partial charge is 0.0492 e. The number of hydrogen-bond donors (Lipinski definition) is 0. The Kier molecular flexibility index (Phi) is 2.26. The zero-order valence-corrected chi connectivity index (χ0v) is 10.3. The lowest BCUT2D eigenvalue weighted by Gasteiger charge is -1.87. The van der Waals surface area contributed by atoms with Crippen molar-refractivity contribution in [2.24, 2.45) is 0 Å². The molecule has 0 atom stereocenters. The van der Waals surface area contributed by atoms with Crippen LogP contribution < -0.4 is 0 Å². The highest BCUT2D eigenvalue weighted by Crippen LogP contribution is 2.39. The van der Waals surface area contributed by atoms with Crippen LogP contribution in [0.15, 0.2) is 0 Å². The van der Waals surface area contributed by atoms with Gasteiger partial charge in [0, 0.05) is 24.5 Å². The number of thiocarbonyl (C=S) groups is 1. The SMILES string of the molecule is Cc1sc2c(C)c(C=S)sc2c1C. The van der Waals surface area contributed by atoms with E-state index in [2.05, 4.69) is 20.8 Å². The van der Waals surface area contributed by atoms with E-state index in [0.717, 1.165) is 0 Å². The topological polar surface area (TPSA) is 0 Å². The standard InChI is InChI=1S/C10H10S3/c1-5-7(3)12-10-6(2)8(4-11)13-9(5)10/h4H,1-3H3. The Hall–Kier alpha value is -0.250. The van der Waals surface area contributed by atoms with E-state index in [9.17, 15) is 0 Å². The molecule has 0 fully saturated rings. The molecule has 0 bridgehead atoms. The Labute approximate surface area is 91.2 Å². The summed E-state index contributed by atoms with van der Waals surface area (Å²) < 4.78 is 2.85. The van der Waals surface area contributed by atoms with E-state index >= 15 is 0 Å². The monoisotopic (exact) mass is 226 g/mol. The minimum atomic E-state index is 1.25. The van der Waals surface area contributed by atoms with Crippen molar-refractivity contribution in [1.82, 2.24) is 0 Å². The second-order valence-electron chi connectivity index (χ2n) is 3.15. The van der Waals surface area contributed by atoms with Gasteiger partial charge in [-0.1, -0.05) is 12.2 Å². The Morgan fingerprint density at radius 2 is 1.62 bits per heavy atom. The summed E-state index contributed by atoms with van der Waals surface area (Å²) in [5.74, 6) is 0. The van der Waals surface area contributed by atoms with Crippen molar-refractivity contribution < 1.29 is 0 Å². The Bertz CT molecular complexity index is 474. The third-order valence-electron chi connectivity index (χ3n) is 2.36. The molecule has 0 aromatic carbocycles. The molecule has 2 rings (SSSR count). The number of thiophene rings is 2. The zero-order chi connectivity index (χ0) is 9.59. The van der Waals surface area contributed by atoms with Gasteiger partial charge in [-0.25, -0.2) is 0 Å². The van der Waals surface area contributed by atoms with Crippen LogP contribution in [0, 0.1) is 20.8 Å². The van der Waals surface area contributed by atoms with Crippen molar-refractivity contribution in [3.05, 3.63) is 20.9 Å². The van der Waals surface area contributed by atoms with Gasteiger partial charge >= 0.3 is 0 Å². The first-order chi connectivity index (χ1) is 6.15. The van der Waals surface area contributed by atoms with Gasteiger partial charge in [-0.15, -0.1) is 22.7 Å². The van der Waals surface area contributed by atoms with Crippen LogP contribution >= 0.6 is 34.9 Å². The van der Waals surface area contributed by atoms with E-state index in [0.29, 0.717) is 0 Å². The normalized spacial score (nSPS) is 11.0. The molecule has 0 aliphatic rings. The first kappa shape index (κ1) is 9.31. The van der Waals surface area contributed by atoms with Gasteiger partial charge < -0.3 is 0 Å². The molecule has 0 aliphatic carbocycles. The van der Waals surface area contributed by atoms with Crippen LogP contribution in [-0.2, 0) is 0 Å². The molecule has 0 radical (unpaired) electrons. The van der Waals surface area contributed by atoms with Crippen molar-refractivity contribution in [2.45, 2.75) is 20.8 Å². The number of hydrogen-bond acceptors (Lipinski definition) is 3. The van der Waals surface area contributed by atoms with Gasteiger partial charge in [0.05, 0.1) is 0 Å². The quantitative estimate of drug-likeness (QED) is 0.656. The summed E-state index contributed by atoms with van der Waals surface area (Å²) in [6.07, 6.45) is 0. The third-order valence-corrected chi connectivity index (χ3v) is 5.56. The lowest BCUT2D eigenvalue weighted by Crippen LogP contribution is -1.72. The average Bonchev–Trinajstić information content (AvgIpc) is 2.56. The summed E-state index contributed by atoms with van der Waals surface area (Å²) in [5, 5.41) is 1.79. The summed E-state index contributed by atoms with van der Waals surface area (Å²) in [6, 6.07) is 0.